The molecule has 2 aromatic heterocycles. The molecular formula is C20H24N4O2S. The molecule has 142 valence electrons. The number of carbonyl (C=O) groups is 2. The average Bonchev–Trinajstić information content (AvgIpc) is 3.36. The van der Waals surface area contributed by atoms with E-state index in [1.54, 1.807) is 18.6 Å². The average molecular weight is 385 g/mol. The van der Waals surface area contributed by atoms with E-state index >= 15 is 0 Å². The number of hydrogen-bond donors (Lipinski definition) is 1. The smallest absolute Gasteiger partial charge is 0.261 e. The number of aromatic nitrogens is 2. The van der Waals surface area contributed by atoms with E-state index in [1.807, 2.05) is 36.1 Å². The zero-order valence-corrected chi connectivity index (χ0v) is 16.2. The minimum Gasteiger partial charge on any atom is -0.351 e. The molecule has 1 fully saturated rings. The van der Waals surface area contributed by atoms with Gasteiger partial charge in [0.2, 0.25) is 5.91 Å². The Labute approximate surface area is 163 Å². The van der Waals surface area contributed by atoms with E-state index in [9.17, 15) is 9.59 Å². The molecule has 3 heterocycles. The van der Waals surface area contributed by atoms with Crippen LogP contribution in [-0.2, 0) is 11.2 Å². The van der Waals surface area contributed by atoms with E-state index in [2.05, 4.69) is 15.3 Å². The number of allylic oxidation sites excluding steroid dienone is 1. The first-order chi connectivity index (χ1) is 13.2. The van der Waals surface area contributed by atoms with Gasteiger partial charge >= 0.3 is 0 Å². The van der Waals surface area contributed by atoms with Gasteiger partial charge in [0.1, 0.15) is 0 Å². The van der Waals surface area contributed by atoms with Crippen LogP contribution in [0.2, 0.25) is 0 Å². The number of thiophene rings is 1. The summed E-state index contributed by atoms with van der Waals surface area (Å²) in [6, 6.07) is 3.92. The summed E-state index contributed by atoms with van der Waals surface area (Å²) in [6.45, 7) is 3.23. The minimum atomic E-state index is -0.0834. The first-order valence-electron chi connectivity index (χ1n) is 9.22. The highest BCUT2D eigenvalue weighted by Crippen LogP contribution is 2.36. The molecule has 6 nitrogen and oxygen atoms in total. The van der Waals surface area contributed by atoms with Crippen LogP contribution in [-0.4, -0.2) is 39.8 Å². The number of carbonyl (C=O) groups excluding carboxylic acids is 2. The van der Waals surface area contributed by atoms with Gasteiger partial charge in [0.15, 0.2) is 0 Å². The van der Waals surface area contributed by atoms with Gasteiger partial charge in [-0.15, -0.1) is 11.3 Å². The van der Waals surface area contributed by atoms with Crippen molar-refractivity contribution in [3.8, 4) is 0 Å². The number of likely N-dealkylation sites (tertiary alicyclic amines) is 1. The molecule has 1 unspecified atom stereocenters. The monoisotopic (exact) mass is 384 g/mol. The van der Waals surface area contributed by atoms with Crippen LogP contribution in [0.5, 0.6) is 0 Å². The first kappa shape index (κ1) is 19.2. The van der Waals surface area contributed by atoms with E-state index in [-0.39, 0.29) is 17.9 Å². The molecule has 2 amide bonds. The Morgan fingerprint density at radius 3 is 3.04 bits per heavy atom. The lowest BCUT2D eigenvalue weighted by Crippen LogP contribution is -2.29. The third kappa shape index (κ3) is 5.01. The minimum absolute atomic E-state index is 0.0834. The maximum atomic E-state index is 12.4. The van der Waals surface area contributed by atoms with Crippen molar-refractivity contribution in [3.63, 3.8) is 0 Å². The van der Waals surface area contributed by atoms with Crippen molar-refractivity contribution < 1.29 is 9.59 Å². The summed E-state index contributed by atoms with van der Waals surface area (Å²) >= 11 is 1.48. The Hall–Kier alpha value is -2.54. The summed E-state index contributed by atoms with van der Waals surface area (Å²) in [5.41, 5.74) is 0.853. The Balaban J connectivity index is 1.56. The molecule has 0 spiro atoms. The molecule has 0 bridgehead atoms. The third-order valence-corrected chi connectivity index (χ3v) is 5.75. The molecule has 0 radical (unpaired) electrons. The summed E-state index contributed by atoms with van der Waals surface area (Å²) in [6.07, 6.45) is 11.8. The molecule has 7 heteroatoms. The second-order valence-electron chi connectivity index (χ2n) is 6.42. The van der Waals surface area contributed by atoms with Crippen LogP contribution in [0.4, 0.5) is 0 Å². The summed E-state index contributed by atoms with van der Waals surface area (Å²) in [4.78, 5) is 36.7. The van der Waals surface area contributed by atoms with Crippen LogP contribution < -0.4 is 5.32 Å². The summed E-state index contributed by atoms with van der Waals surface area (Å²) in [5.74, 6) is 0.0684. The topological polar surface area (TPSA) is 75.2 Å². The number of nitrogens with zero attached hydrogens (tertiary/aromatic N) is 3. The van der Waals surface area contributed by atoms with Crippen LogP contribution in [0, 0.1) is 0 Å². The highest BCUT2D eigenvalue weighted by molar-refractivity contribution is 7.14. The molecule has 0 saturated carbocycles. The first-order valence-corrected chi connectivity index (χ1v) is 10.0. The lowest BCUT2D eigenvalue weighted by Gasteiger charge is -2.23. The van der Waals surface area contributed by atoms with Gasteiger partial charge < -0.3 is 10.2 Å². The Morgan fingerprint density at radius 1 is 1.37 bits per heavy atom. The largest absolute Gasteiger partial charge is 0.351 e. The van der Waals surface area contributed by atoms with Crippen LogP contribution in [0.1, 0.15) is 52.5 Å². The zero-order valence-electron chi connectivity index (χ0n) is 15.4. The lowest BCUT2D eigenvalue weighted by atomic mass is 10.2. The molecule has 1 N–H and O–H groups in total. The van der Waals surface area contributed by atoms with Gasteiger partial charge in [-0.1, -0.05) is 12.2 Å². The normalized spacial score (nSPS) is 16.8. The fourth-order valence-electron chi connectivity index (χ4n) is 3.20. The third-order valence-electron chi connectivity index (χ3n) is 4.56. The van der Waals surface area contributed by atoms with Gasteiger partial charge in [0.25, 0.3) is 5.91 Å². The Bertz CT molecular complexity index is 803. The number of nitrogens with one attached hydrogen (secondary N) is 1. The van der Waals surface area contributed by atoms with E-state index < -0.39 is 0 Å². The van der Waals surface area contributed by atoms with Crippen LogP contribution in [0.15, 0.2) is 42.9 Å². The zero-order chi connectivity index (χ0) is 19.1. The van der Waals surface area contributed by atoms with Crippen LogP contribution in [0.25, 0.3) is 0 Å². The second-order valence-corrected chi connectivity index (χ2v) is 7.54. The number of hydrogen-bond acceptors (Lipinski definition) is 5. The molecule has 1 aliphatic rings. The number of rotatable bonds is 7. The second kappa shape index (κ2) is 9.41. The van der Waals surface area contributed by atoms with Crippen LogP contribution in [0.3, 0.4) is 0 Å². The van der Waals surface area contributed by atoms with Crippen molar-refractivity contribution in [1.29, 1.82) is 0 Å². The van der Waals surface area contributed by atoms with Gasteiger partial charge in [-0.25, -0.2) is 0 Å². The van der Waals surface area contributed by atoms with Gasteiger partial charge in [0.05, 0.1) is 16.6 Å². The van der Waals surface area contributed by atoms with Gasteiger partial charge in [0, 0.05) is 49.4 Å². The van der Waals surface area contributed by atoms with Gasteiger partial charge in [-0.2, -0.15) is 0 Å². The van der Waals surface area contributed by atoms with Gasteiger partial charge in [-0.3, -0.25) is 19.6 Å². The van der Waals surface area contributed by atoms with E-state index in [0.29, 0.717) is 24.3 Å². The van der Waals surface area contributed by atoms with E-state index in [0.717, 1.165) is 30.0 Å². The molecule has 2 aromatic rings. The van der Waals surface area contributed by atoms with E-state index in [1.165, 1.54) is 11.3 Å². The highest BCUT2D eigenvalue weighted by atomic mass is 32.1. The Morgan fingerprint density at radius 2 is 2.26 bits per heavy atom. The number of amides is 2. The van der Waals surface area contributed by atoms with Crippen molar-refractivity contribution in [2.75, 3.05) is 13.1 Å². The predicted molar refractivity (Wildman–Crippen MR) is 106 cm³/mol. The fourth-order valence-corrected chi connectivity index (χ4v) is 4.27. The highest BCUT2D eigenvalue weighted by Gasteiger charge is 2.30. The maximum Gasteiger partial charge on any atom is 0.261 e. The summed E-state index contributed by atoms with van der Waals surface area (Å²) < 4.78 is 0. The fraction of sp³-hybridized carbons (Fsp3) is 0.400. The molecule has 1 saturated heterocycles. The Kier molecular flexibility index (Phi) is 6.70. The van der Waals surface area contributed by atoms with Crippen LogP contribution >= 0.6 is 11.3 Å². The standard InChI is InChI=1S/C20H24N4O2S/c1-2-3-6-19(25)24-13-4-5-16(24)17-7-8-18(27-17)20(26)23-10-9-15-14-21-11-12-22-15/h2-3,7-8,11-12,14,16H,4-6,9-10,13H2,1H3,(H,23,26). The molecule has 0 aromatic carbocycles. The molecule has 0 aliphatic carbocycles. The summed E-state index contributed by atoms with van der Waals surface area (Å²) in [7, 11) is 0. The van der Waals surface area contributed by atoms with Crippen molar-refractivity contribution in [1.82, 2.24) is 20.2 Å². The SMILES string of the molecule is CC=CCC(=O)N1CCCC1c1ccc(C(=O)NCCc2cnccn2)s1. The quantitative estimate of drug-likeness (QED) is 0.744. The van der Waals surface area contributed by atoms with Crippen molar-refractivity contribution in [2.45, 2.75) is 38.6 Å². The molecule has 27 heavy (non-hydrogen) atoms. The van der Waals surface area contributed by atoms with Crippen molar-refractivity contribution >= 4 is 23.2 Å². The molecule has 1 atom stereocenters. The molecule has 1 aliphatic heterocycles. The molecule has 3 rings (SSSR count). The van der Waals surface area contributed by atoms with Crippen molar-refractivity contribution in [2.24, 2.45) is 0 Å². The summed E-state index contributed by atoms with van der Waals surface area (Å²) in [5, 5.41) is 2.93. The predicted octanol–water partition coefficient (Wildman–Crippen LogP) is 3.14. The van der Waals surface area contributed by atoms with E-state index in [4.69, 9.17) is 0 Å². The van der Waals surface area contributed by atoms with Crippen molar-refractivity contribution in [3.05, 3.63) is 58.3 Å². The maximum absolute atomic E-state index is 12.4. The molecular weight excluding hydrogens is 360 g/mol. The van der Waals surface area contributed by atoms with Gasteiger partial charge in [-0.05, 0) is 31.9 Å². The lowest BCUT2D eigenvalue weighted by molar-refractivity contribution is -0.131.